The van der Waals surface area contributed by atoms with Gasteiger partial charge < -0.3 is 24.4 Å². The van der Waals surface area contributed by atoms with Gasteiger partial charge in [-0.1, -0.05) is 26.8 Å². The molecule has 2 unspecified atom stereocenters. The van der Waals surface area contributed by atoms with Gasteiger partial charge in [0.2, 0.25) is 12.7 Å². The van der Waals surface area contributed by atoms with E-state index in [0.717, 1.165) is 49.1 Å². The summed E-state index contributed by atoms with van der Waals surface area (Å²) < 4.78 is 31.9. The number of amides is 1. The predicted octanol–water partition coefficient (Wildman–Crippen LogP) is 4.79. The first-order valence-electron chi connectivity index (χ1n) is 12.2. The largest absolute Gasteiger partial charge is 0.454 e. The van der Waals surface area contributed by atoms with Crippen LogP contribution in [0, 0.1) is 11.2 Å². The molecule has 34 heavy (non-hydrogen) atoms. The third-order valence-electron chi connectivity index (χ3n) is 7.85. The first kappa shape index (κ1) is 21.7. The van der Waals surface area contributed by atoms with E-state index >= 15 is 4.39 Å². The van der Waals surface area contributed by atoms with Crippen molar-refractivity contribution in [1.82, 2.24) is 0 Å². The highest BCUT2D eigenvalue weighted by molar-refractivity contribution is 6.02. The second kappa shape index (κ2) is 7.60. The second-order valence-electron chi connectivity index (χ2n) is 11.1. The molecule has 2 aromatic rings. The Morgan fingerprint density at radius 1 is 1.15 bits per heavy atom. The molecule has 1 saturated carbocycles. The van der Waals surface area contributed by atoms with Gasteiger partial charge in [0.05, 0.1) is 23.8 Å². The van der Waals surface area contributed by atoms with Gasteiger partial charge in [0, 0.05) is 18.3 Å². The molecule has 2 aromatic carbocycles. The first-order valence-corrected chi connectivity index (χ1v) is 12.2. The monoisotopic (exact) mass is 466 g/mol. The molecule has 1 saturated heterocycles. The van der Waals surface area contributed by atoms with Gasteiger partial charge in [-0.25, -0.2) is 4.39 Å². The van der Waals surface area contributed by atoms with Gasteiger partial charge in [0.15, 0.2) is 11.5 Å². The molecule has 0 bridgehead atoms. The quantitative estimate of drug-likeness (QED) is 0.702. The fourth-order valence-electron chi connectivity index (χ4n) is 5.71. The number of rotatable bonds is 4. The molecule has 0 spiro atoms. The van der Waals surface area contributed by atoms with E-state index < -0.39 is 11.2 Å². The van der Waals surface area contributed by atoms with Gasteiger partial charge in [-0.05, 0) is 66.5 Å². The van der Waals surface area contributed by atoms with Crippen LogP contribution in [-0.2, 0) is 21.4 Å². The third kappa shape index (κ3) is 3.44. The van der Waals surface area contributed by atoms with Gasteiger partial charge in [-0.3, -0.25) is 4.79 Å². The topological polar surface area (TPSA) is 60.0 Å². The van der Waals surface area contributed by atoms with E-state index in [2.05, 4.69) is 31.0 Å². The van der Waals surface area contributed by atoms with Gasteiger partial charge in [0.25, 0.3) is 0 Å². The zero-order chi connectivity index (χ0) is 23.7. The number of carbonyl (C=O) groups is 1. The Labute approximate surface area is 199 Å². The highest BCUT2D eigenvalue weighted by Gasteiger charge is 2.52. The van der Waals surface area contributed by atoms with Crippen molar-refractivity contribution in [2.75, 3.05) is 30.2 Å². The Morgan fingerprint density at radius 2 is 1.94 bits per heavy atom. The van der Waals surface area contributed by atoms with Gasteiger partial charge in [0.1, 0.15) is 5.82 Å². The smallest absolute Gasteiger partial charge is 0.235 e. The van der Waals surface area contributed by atoms with Crippen molar-refractivity contribution in [2.24, 2.45) is 5.41 Å². The minimum absolute atomic E-state index is 0.0267. The minimum Gasteiger partial charge on any atom is -0.454 e. The number of anilines is 2. The van der Waals surface area contributed by atoms with Crippen LogP contribution in [0.15, 0.2) is 30.3 Å². The number of hydrogen-bond donors (Lipinski definition) is 1. The maximum absolute atomic E-state index is 15.4. The SMILES string of the molecule is CC(C)(C)C1Cc2cc(NC(=O)C3(c4ccc5c(c4)OCO5)CC3)c(F)cc2N1C1CCOC1. The van der Waals surface area contributed by atoms with Crippen LogP contribution in [0.4, 0.5) is 15.8 Å². The van der Waals surface area contributed by atoms with Gasteiger partial charge >= 0.3 is 0 Å². The van der Waals surface area contributed by atoms with Crippen LogP contribution in [0.5, 0.6) is 11.5 Å². The standard InChI is InChI=1S/C27H31FN2O4/c1-26(2,3)24-11-16-10-20(19(28)13-21(16)30(24)18-6-9-32-14-18)29-25(31)27(7-8-27)17-4-5-22-23(12-17)34-15-33-22/h4-5,10,12-13,18,24H,6-9,11,14-15H2,1-3H3,(H,29,31). The van der Waals surface area contributed by atoms with E-state index in [-0.39, 0.29) is 35.9 Å². The molecule has 0 aromatic heterocycles. The fraction of sp³-hybridized carbons (Fsp3) is 0.519. The molecular formula is C27H31FN2O4. The summed E-state index contributed by atoms with van der Waals surface area (Å²) in [4.78, 5) is 15.7. The second-order valence-corrected chi connectivity index (χ2v) is 11.1. The molecule has 1 aliphatic carbocycles. The van der Waals surface area contributed by atoms with Crippen LogP contribution in [0.3, 0.4) is 0 Å². The lowest BCUT2D eigenvalue weighted by atomic mass is 9.84. The van der Waals surface area contributed by atoms with Gasteiger partial charge in [-0.2, -0.15) is 0 Å². The summed E-state index contributed by atoms with van der Waals surface area (Å²) in [6, 6.07) is 9.59. The summed E-state index contributed by atoms with van der Waals surface area (Å²) in [5.74, 6) is 0.781. The molecule has 2 atom stereocenters. The number of nitrogens with one attached hydrogen (secondary N) is 1. The highest BCUT2D eigenvalue weighted by atomic mass is 19.1. The maximum atomic E-state index is 15.4. The number of benzene rings is 2. The predicted molar refractivity (Wildman–Crippen MR) is 127 cm³/mol. The number of fused-ring (bicyclic) bond motifs is 2. The van der Waals surface area contributed by atoms with Crippen molar-refractivity contribution in [3.8, 4) is 11.5 Å². The summed E-state index contributed by atoms with van der Waals surface area (Å²) >= 11 is 0. The Balaban J connectivity index is 1.28. The van der Waals surface area contributed by atoms with Crippen LogP contribution in [0.25, 0.3) is 0 Å². The molecule has 3 heterocycles. The lowest BCUT2D eigenvalue weighted by Gasteiger charge is -2.40. The van der Waals surface area contributed by atoms with E-state index in [1.807, 2.05) is 24.3 Å². The average Bonchev–Trinajstić information content (AvgIpc) is 3.14. The van der Waals surface area contributed by atoms with Crippen molar-refractivity contribution < 1.29 is 23.4 Å². The number of carbonyl (C=O) groups excluding carboxylic acids is 1. The van der Waals surface area contributed by atoms with Gasteiger partial charge in [-0.15, -0.1) is 0 Å². The summed E-state index contributed by atoms with van der Waals surface area (Å²) in [6.45, 7) is 8.29. The molecule has 7 heteroatoms. The number of ether oxygens (including phenoxy) is 3. The highest BCUT2D eigenvalue weighted by Crippen LogP contribution is 2.51. The summed E-state index contributed by atoms with van der Waals surface area (Å²) in [7, 11) is 0. The van der Waals surface area contributed by atoms with Crippen LogP contribution in [0.2, 0.25) is 0 Å². The van der Waals surface area contributed by atoms with E-state index in [1.165, 1.54) is 0 Å². The summed E-state index contributed by atoms with van der Waals surface area (Å²) in [6.07, 6.45) is 3.23. The molecule has 1 N–H and O–H groups in total. The maximum Gasteiger partial charge on any atom is 0.235 e. The molecular weight excluding hydrogens is 435 g/mol. The van der Waals surface area contributed by atoms with Crippen LogP contribution < -0.4 is 19.7 Å². The zero-order valence-corrected chi connectivity index (χ0v) is 19.9. The Kier molecular flexibility index (Phi) is 4.86. The molecule has 180 valence electrons. The summed E-state index contributed by atoms with van der Waals surface area (Å²) in [5, 5.41) is 2.92. The Bertz CT molecular complexity index is 1150. The third-order valence-corrected chi connectivity index (χ3v) is 7.85. The average molecular weight is 467 g/mol. The van der Waals surface area contributed by atoms with Crippen molar-refractivity contribution >= 4 is 17.3 Å². The first-order chi connectivity index (χ1) is 16.3. The summed E-state index contributed by atoms with van der Waals surface area (Å²) in [5.41, 5.74) is 2.54. The lowest BCUT2D eigenvalue weighted by Crippen LogP contribution is -2.48. The van der Waals surface area contributed by atoms with E-state index in [4.69, 9.17) is 14.2 Å². The molecule has 2 fully saturated rings. The molecule has 6 rings (SSSR count). The van der Waals surface area contributed by atoms with Crippen molar-refractivity contribution in [3.05, 3.63) is 47.3 Å². The number of hydrogen-bond acceptors (Lipinski definition) is 5. The fourth-order valence-corrected chi connectivity index (χ4v) is 5.71. The molecule has 4 aliphatic rings. The van der Waals surface area contributed by atoms with Crippen molar-refractivity contribution in [1.29, 1.82) is 0 Å². The Hall–Kier alpha value is -2.80. The van der Waals surface area contributed by atoms with Crippen LogP contribution in [0.1, 0.15) is 51.2 Å². The van der Waals surface area contributed by atoms with E-state index in [1.54, 1.807) is 6.07 Å². The Morgan fingerprint density at radius 3 is 2.65 bits per heavy atom. The van der Waals surface area contributed by atoms with Crippen LogP contribution >= 0.6 is 0 Å². The molecule has 1 amide bonds. The number of halogens is 1. The molecule has 3 aliphatic heterocycles. The lowest BCUT2D eigenvalue weighted by molar-refractivity contribution is -0.118. The van der Waals surface area contributed by atoms with E-state index in [0.29, 0.717) is 18.1 Å². The minimum atomic E-state index is -0.645. The molecule has 6 nitrogen and oxygen atoms in total. The van der Waals surface area contributed by atoms with E-state index in [9.17, 15) is 4.79 Å². The normalized spacial score (nSPS) is 24.3. The number of nitrogens with zero attached hydrogens (tertiary/aromatic N) is 1. The zero-order valence-electron chi connectivity index (χ0n) is 19.9. The van der Waals surface area contributed by atoms with Crippen molar-refractivity contribution in [3.63, 3.8) is 0 Å². The van der Waals surface area contributed by atoms with Crippen molar-refractivity contribution in [2.45, 2.75) is 64.0 Å². The molecule has 0 radical (unpaired) electrons. The van der Waals surface area contributed by atoms with Crippen LogP contribution in [-0.4, -0.2) is 38.0 Å².